The zero-order valence-corrected chi connectivity index (χ0v) is 19.4. The molecule has 1 unspecified atom stereocenters. The van der Waals surface area contributed by atoms with E-state index >= 15 is 0 Å². The van der Waals surface area contributed by atoms with Gasteiger partial charge in [-0.3, -0.25) is 9.36 Å². The molecule has 1 amide bonds. The zero-order chi connectivity index (χ0) is 20.9. The normalized spacial score (nSPS) is 15.7. The van der Waals surface area contributed by atoms with Crippen LogP contribution in [0.15, 0.2) is 56.7 Å². The molecule has 8 heteroatoms. The number of aromatic nitrogens is 3. The van der Waals surface area contributed by atoms with E-state index < -0.39 is 0 Å². The SMILES string of the molecule is CC(Sc1nnc(-c2ccc(Br)o2)n1Cc1ccccc1)C(=O)N1CCCCCC1. The predicted molar refractivity (Wildman–Crippen MR) is 121 cm³/mol. The molecule has 0 spiro atoms. The molecule has 1 atom stereocenters. The fraction of sp³-hybridized carbons (Fsp3) is 0.409. The molecule has 0 N–H and O–H groups in total. The van der Waals surface area contributed by atoms with Crippen molar-refractivity contribution in [1.82, 2.24) is 19.7 Å². The predicted octanol–water partition coefficient (Wildman–Crippen LogP) is 5.23. The van der Waals surface area contributed by atoms with Crippen molar-refractivity contribution in [3.63, 3.8) is 0 Å². The number of amides is 1. The molecule has 1 aliphatic heterocycles. The van der Waals surface area contributed by atoms with E-state index in [0.717, 1.165) is 36.7 Å². The second-order valence-corrected chi connectivity index (χ2v) is 9.57. The van der Waals surface area contributed by atoms with Crippen LogP contribution in [-0.2, 0) is 11.3 Å². The summed E-state index contributed by atoms with van der Waals surface area (Å²) in [6.45, 7) is 4.27. The Labute approximate surface area is 189 Å². The van der Waals surface area contributed by atoms with E-state index in [0.29, 0.717) is 22.8 Å². The summed E-state index contributed by atoms with van der Waals surface area (Å²) >= 11 is 4.82. The van der Waals surface area contributed by atoms with E-state index in [1.54, 1.807) is 0 Å². The Morgan fingerprint density at radius 3 is 2.50 bits per heavy atom. The zero-order valence-electron chi connectivity index (χ0n) is 17.0. The average Bonchev–Trinajstić information content (AvgIpc) is 3.24. The first-order chi connectivity index (χ1) is 14.6. The Morgan fingerprint density at radius 2 is 1.83 bits per heavy atom. The van der Waals surface area contributed by atoms with Gasteiger partial charge in [0.1, 0.15) is 0 Å². The van der Waals surface area contributed by atoms with Crippen LogP contribution in [0.25, 0.3) is 11.6 Å². The van der Waals surface area contributed by atoms with E-state index in [9.17, 15) is 4.79 Å². The third-order valence-electron chi connectivity index (χ3n) is 5.24. The van der Waals surface area contributed by atoms with Gasteiger partial charge >= 0.3 is 0 Å². The van der Waals surface area contributed by atoms with Crippen LogP contribution in [0.5, 0.6) is 0 Å². The number of benzene rings is 1. The molecule has 158 valence electrons. The minimum Gasteiger partial charge on any atom is -0.446 e. The summed E-state index contributed by atoms with van der Waals surface area (Å²) in [7, 11) is 0. The van der Waals surface area contributed by atoms with Gasteiger partial charge in [0.25, 0.3) is 0 Å². The maximum Gasteiger partial charge on any atom is 0.235 e. The minimum atomic E-state index is -0.224. The molecule has 0 saturated carbocycles. The first-order valence-corrected chi connectivity index (χ1v) is 12.0. The van der Waals surface area contributed by atoms with Crippen LogP contribution in [-0.4, -0.2) is 43.9 Å². The summed E-state index contributed by atoms with van der Waals surface area (Å²) in [6, 6.07) is 13.9. The van der Waals surface area contributed by atoms with Gasteiger partial charge in [0.2, 0.25) is 11.7 Å². The number of thioether (sulfide) groups is 1. The van der Waals surface area contributed by atoms with Crippen molar-refractivity contribution in [2.75, 3.05) is 13.1 Å². The van der Waals surface area contributed by atoms with E-state index in [1.165, 1.54) is 24.6 Å². The van der Waals surface area contributed by atoms with Crippen molar-refractivity contribution in [2.24, 2.45) is 0 Å². The summed E-state index contributed by atoms with van der Waals surface area (Å²) in [6.07, 6.45) is 4.59. The summed E-state index contributed by atoms with van der Waals surface area (Å²) in [5, 5.41) is 9.30. The lowest BCUT2D eigenvalue weighted by Gasteiger charge is -2.23. The fourth-order valence-corrected chi connectivity index (χ4v) is 4.90. The summed E-state index contributed by atoms with van der Waals surface area (Å²) in [4.78, 5) is 15.0. The lowest BCUT2D eigenvalue weighted by Crippen LogP contribution is -2.37. The van der Waals surface area contributed by atoms with Gasteiger partial charge in [0.15, 0.2) is 15.6 Å². The number of nitrogens with zero attached hydrogens (tertiary/aromatic N) is 4. The fourth-order valence-electron chi connectivity index (χ4n) is 3.66. The standard InChI is InChI=1S/C22H25BrN4O2S/c1-16(21(28)26-13-7-2-3-8-14-26)30-22-25-24-20(18-11-12-19(23)29-18)27(22)15-17-9-5-4-6-10-17/h4-6,9-12,16H,2-3,7-8,13-15H2,1H3. The molecular formula is C22H25BrN4O2S. The van der Waals surface area contributed by atoms with Crippen LogP contribution >= 0.6 is 27.7 Å². The van der Waals surface area contributed by atoms with Gasteiger partial charge in [0, 0.05) is 13.1 Å². The van der Waals surface area contributed by atoms with Crippen molar-refractivity contribution in [1.29, 1.82) is 0 Å². The molecule has 3 heterocycles. The largest absolute Gasteiger partial charge is 0.446 e. The molecule has 1 aliphatic rings. The van der Waals surface area contributed by atoms with Gasteiger partial charge in [-0.2, -0.15) is 0 Å². The molecule has 1 saturated heterocycles. The van der Waals surface area contributed by atoms with Crippen LogP contribution in [0.2, 0.25) is 0 Å². The van der Waals surface area contributed by atoms with E-state index in [1.807, 2.05) is 46.7 Å². The number of rotatable bonds is 6. The Bertz CT molecular complexity index is 980. The Morgan fingerprint density at radius 1 is 1.10 bits per heavy atom. The van der Waals surface area contributed by atoms with Gasteiger partial charge in [0.05, 0.1) is 11.8 Å². The van der Waals surface area contributed by atoms with Crippen molar-refractivity contribution in [3.05, 3.63) is 52.7 Å². The molecule has 1 fully saturated rings. The highest BCUT2D eigenvalue weighted by Gasteiger charge is 2.26. The highest BCUT2D eigenvalue weighted by atomic mass is 79.9. The van der Waals surface area contributed by atoms with Crippen molar-refractivity contribution < 1.29 is 9.21 Å². The lowest BCUT2D eigenvalue weighted by atomic mass is 10.2. The first-order valence-electron chi connectivity index (χ1n) is 10.3. The second-order valence-electron chi connectivity index (χ2n) is 7.48. The topological polar surface area (TPSA) is 64.2 Å². The van der Waals surface area contributed by atoms with Crippen LogP contribution in [0.1, 0.15) is 38.2 Å². The van der Waals surface area contributed by atoms with Crippen LogP contribution in [0, 0.1) is 0 Å². The molecule has 0 aliphatic carbocycles. The molecule has 3 aromatic rings. The number of carbonyl (C=O) groups excluding carboxylic acids is 1. The van der Waals surface area contributed by atoms with E-state index in [4.69, 9.17) is 4.42 Å². The molecule has 1 aromatic carbocycles. The van der Waals surface area contributed by atoms with Crippen LogP contribution < -0.4 is 0 Å². The van der Waals surface area contributed by atoms with Crippen molar-refractivity contribution >= 4 is 33.6 Å². The molecule has 4 rings (SSSR count). The quantitative estimate of drug-likeness (QED) is 0.444. The third kappa shape index (κ3) is 4.98. The molecule has 30 heavy (non-hydrogen) atoms. The average molecular weight is 489 g/mol. The number of halogens is 1. The second kappa shape index (κ2) is 9.83. The molecular weight excluding hydrogens is 464 g/mol. The van der Waals surface area contributed by atoms with E-state index in [2.05, 4.69) is 38.3 Å². The molecule has 0 bridgehead atoms. The number of carbonyl (C=O) groups is 1. The summed E-state index contributed by atoms with van der Waals surface area (Å²) in [5.74, 6) is 1.48. The third-order valence-corrected chi connectivity index (χ3v) is 6.74. The van der Waals surface area contributed by atoms with Crippen molar-refractivity contribution in [2.45, 2.75) is 49.6 Å². The number of likely N-dealkylation sites (tertiary alicyclic amines) is 1. The Balaban J connectivity index is 1.58. The molecule has 2 aromatic heterocycles. The smallest absolute Gasteiger partial charge is 0.235 e. The highest BCUT2D eigenvalue weighted by molar-refractivity contribution is 9.10. The summed E-state index contributed by atoms with van der Waals surface area (Å²) < 4.78 is 8.40. The minimum absolute atomic E-state index is 0.179. The molecule has 0 radical (unpaired) electrons. The van der Waals surface area contributed by atoms with Gasteiger partial charge in [-0.15, -0.1) is 10.2 Å². The van der Waals surface area contributed by atoms with E-state index in [-0.39, 0.29) is 11.2 Å². The molecule has 6 nitrogen and oxygen atoms in total. The lowest BCUT2D eigenvalue weighted by molar-refractivity contribution is -0.130. The first kappa shape index (κ1) is 21.2. The maximum absolute atomic E-state index is 13.0. The van der Waals surface area contributed by atoms with Crippen molar-refractivity contribution in [3.8, 4) is 11.6 Å². The Kier molecular flexibility index (Phi) is 6.94. The van der Waals surface area contributed by atoms with Gasteiger partial charge in [-0.25, -0.2) is 0 Å². The van der Waals surface area contributed by atoms with Gasteiger partial charge in [-0.05, 0) is 53.4 Å². The van der Waals surface area contributed by atoms with Crippen LogP contribution in [0.4, 0.5) is 0 Å². The maximum atomic E-state index is 13.0. The number of furan rings is 1. The van der Waals surface area contributed by atoms with Gasteiger partial charge in [-0.1, -0.05) is 54.9 Å². The van der Waals surface area contributed by atoms with Gasteiger partial charge < -0.3 is 9.32 Å². The summed E-state index contributed by atoms with van der Waals surface area (Å²) in [5.41, 5.74) is 1.14. The number of hydrogen-bond acceptors (Lipinski definition) is 5. The highest BCUT2D eigenvalue weighted by Crippen LogP contribution is 2.30. The van der Waals surface area contributed by atoms with Crippen LogP contribution in [0.3, 0.4) is 0 Å². The monoisotopic (exact) mass is 488 g/mol. The Hall–Kier alpha value is -2.06. The number of hydrogen-bond donors (Lipinski definition) is 0.